The van der Waals surface area contributed by atoms with Gasteiger partial charge in [0.1, 0.15) is 12.4 Å². The number of aliphatic carboxylic acids is 1. The number of nitrogens with one attached hydrogen (secondary N) is 1. The Balaban J connectivity index is 1.25. The van der Waals surface area contributed by atoms with Crippen LogP contribution in [-0.2, 0) is 16.1 Å². The largest absolute Gasteiger partial charge is 0.493 e. The predicted molar refractivity (Wildman–Crippen MR) is 176 cm³/mol. The Hall–Kier alpha value is -4.54. The molecule has 2 heterocycles. The van der Waals surface area contributed by atoms with Gasteiger partial charge in [-0.2, -0.15) is 5.10 Å². The van der Waals surface area contributed by atoms with Crippen molar-refractivity contribution in [3.05, 3.63) is 93.2 Å². The Morgan fingerprint density at radius 2 is 1.83 bits per heavy atom. The topological polar surface area (TPSA) is 123 Å². The molecule has 46 heavy (non-hydrogen) atoms. The lowest BCUT2D eigenvalue weighted by atomic mass is 10.1. The van der Waals surface area contributed by atoms with Crippen LogP contribution in [0.25, 0.3) is 11.1 Å². The van der Waals surface area contributed by atoms with Crippen LogP contribution in [0.3, 0.4) is 0 Å². The van der Waals surface area contributed by atoms with E-state index in [9.17, 15) is 14.4 Å². The first kappa shape index (κ1) is 32.8. The molecule has 0 atom stereocenters. The molecule has 0 spiro atoms. The van der Waals surface area contributed by atoms with Crippen molar-refractivity contribution >= 4 is 46.7 Å². The van der Waals surface area contributed by atoms with Crippen LogP contribution in [0.5, 0.6) is 11.5 Å². The molecule has 10 nitrogen and oxygen atoms in total. The first-order chi connectivity index (χ1) is 22.1. The number of fused-ring (bicyclic) bond motifs is 1. The van der Waals surface area contributed by atoms with Gasteiger partial charge in [-0.25, -0.2) is 0 Å². The molecule has 0 radical (unpaired) electrons. The molecule has 0 fully saturated rings. The summed E-state index contributed by atoms with van der Waals surface area (Å²) in [4.78, 5) is 38.2. The lowest BCUT2D eigenvalue weighted by Gasteiger charge is -2.31. The first-order valence-electron chi connectivity index (χ1n) is 14.9. The Bertz CT molecular complexity index is 1750. The second-order valence-corrected chi connectivity index (χ2v) is 11.8. The van der Waals surface area contributed by atoms with Crippen LogP contribution in [0.15, 0.2) is 60.9 Å². The minimum absolute atomic E-state index is 0.00487. The highest BCUT2D eigenvalue weighted by atomic mass is 35.5. The fraction of sp³-hybridized carbons (Fsp3) is 0.294. The number of rotatable bonds is 12. The van der Waals surface area contributed by atoms with Crippen molar-refractivity contribution in [1.82, 2.24) is 15.1 Å². The van der Waals surface area contributed by atoms with Crippen molar-refractivity contribution in [3.8, 4) is 22.6 Å². The highest BCUT2D eigenvalue weighted by Gasteiger charge is 2.26. The lowest BCUT2D eigenvalue weighted by Crippen LogP contribution is -2.38. The second kappa shape index (κ2) is 14.7. The number of para-hydroxylation sites is 1. The Kier molecular flexibility index (Phi) is 10.5. The van der Waals surface area contributed by atoms with E-state index in [-0.39, 0.29) is 41.0 Å². The summed E-state index contributed by atoms with van der Waals surface area (Å²) in [6, 6.07) is 14.6. The van der Waals surface area contributed by atoms with Crippen LogP contribution in [0.4, 0.5) is 5.69 Å². The number of aromatic nitrogens is 2. The average Bonchev–Trinajstić information content (AvgIpc) is 3.50. The van der Waals surface area contributed by atoms with Gasteiger partial charge >= 0.3 is 5.97 Å². The molecule has 2 amide bonds. The summed E-state index contributed by atoms with van der Waals surface area (Å²) in [6.45, 7) is 5.57. The van der Waals surface area contributed by atoms with Gasteiger partial charge < -0.3 is 24.8 Å². The Morgan fingerprint density at radius 3 is 2.59 bits per heavy atom. The Morgan fingerprint density at radius 1 is 1.07 bits per heavy atom. The molecular formula is C34H34Cl2N4O6. The minimum Gasteiger partial charge on any atom is -0.493 e. The van der Waals surface area contributed by atoms with E-state index in [1.54, 1.807) is 15.8 Å². The number of halogens is 2. The van der Waals surface area contributed by atoms with Crippen LogP contribution in [0, 0.1) is 13.8 Å². The molecule has 12 heteroatoms. The summed E-state index contributed by atoms with van der Waals surface area (Å²) in [6.07, 6.45) is 4.28. The van der Waals surface area contributed by atoms with E-state index in [1.165, 1.54) is 17.7 Å². The van der Waals surface area contributed by atoms with Crippen molar-refractivity contribution in [2.24, 2.45) is 0 Å². The van der Waals surface area contributed by atoms with Crippen LogP contribution in [0.2, 0.25) is 10.0 Å². The highest BCUT2D eigenvalue weighted by molar-refractivity contribution is 6.36. The van der Waals surface area contributed by atoms with E-state index in [0.29, 0.717) is 49.6 Å². The van der Waals surface area contributed by atoms with Gasteiger partial charge in [0, 0.05) is 51.5 Å². The van der Waals surface area contributed by atoms with E-state index in [0.717, 1.165) is 22.4 Å². The van der Waals surface area contributed by atoms with Crippen molar-refractivity contribution in [2.45, 2.75) is 39.7 Å². The zero-order chi connectivity index (χ0) is 32.8. The maximum Gasteiger partial charge on any atom is 0.305 e. The molecule has 4 aromatic rings. The van der Waals surface area contributed by atoms with Crippen LogP contribution >= 0.6 is 23.2 Å². The second-order valence-electron chi connectivity index (χ2n) is 10.9. The number of carboxylic acid groups (broad SMARTS) is 1. The van der Waals surface area contributed by atoms with Gasteiger partial charge in [-0.1, -0.05) is 47.5 Å². The third kappa shape index (κ3) is 7.63. The van der Waals surface area contributed by atoms with Gasteiger partial charge in [0.05, 0.1) is 38.0 Å². The number of carboxylic acids is 1. The summed E-state index contributed by atoms with van der Waals surface area (Å²) in [5, 5.41) is 16.4. The number of hydrogen-bond acceptors (Lipinski definition) is 6. The van der Waals surface area contributed by atoms with E-state index in [4.69, 9.17) is 37.8 Å². The van der Waals surface area contributed by atoms with Gasteiger partial charge in [-0.05, 0) is 55.7 Å². The summed E-state index contributed by atoms with van der Waals surface area (Å²) >= 11 is 13.0. The summed E-state index contributed by atoms with van der Waals surface area (Å²) in [5.74, 6) is -0.0179. The average molecular weight is 666 g/mol. The fourth-order valence-corrected chi connectivity index (χ4v) is 5.78. The number of nitrogens with zero attached hydrogens (tertiary/aromatic N) is 3. The molecule has 2 N–H and O–H groups in total. The van der Waals surface area contributed by atoms with Crippen LogP contribution < -0.4 is 19.7 Å². The van der Waals surface area contributed by atoms with Gasteiger partial charge in [0.15, 0.2) is 5.75 Å². The fourth-order valence-electron chi connectivity index (χ4n) is 5.18. The first-order valence-corrected chi connectivity index (χ1v) is 15.6. The quantitative estimate of drug-likeness (QED) is 0.170. The molecule has 0 saturated carbocycles. The molecule has 0 bridgehead atoms. The maximum atomic E-state index is 13.3. The normalized spacial score (nSPS) is 12.3. The molecular weight excluding hydrogens is 631 g/mol. The number of ether oxygens (including phenoxy) is 2. The summed E-state index contributed by atoms with van der Waals surface area (Å²) in [5.41, 5.74) is 5.36. The predicted octanol–water partition coefficient (Wildman–Crippen LogP) is 6.31. The molecule has 1 aliphatic heterocycles. The monoisotopic (exact) mass is 664 g/mol. The molecule has 5 rings (SSSR count). The Labute approximate surface area is 276 Å². The molecule has 3 aromatic carbocycles. The summed E-state index contributed by atoms with van der Waals surface area (Å²) in [7, 11) is 0. The number of benzene rings is 3. The molecule has 240 valence electrons. The molecule has 1 aliphatic rings. The van der Waals surface area contributed by atoms with E-state index in [2.05, 4.69) is 10.4 Å². The van der Waals surface area contributed by atoms with Crippen molar-refractivity contribution in [2.75, 3.05) is 31.2 Å². The summed E-state index contributed by atoms with van der Waals surface area (Å²) < 4.78 is 13.7. The SMILES string of the molecule is Cc1cccc(OCCCC(=O)N2CCOc3c(-c4cnn(Cc5c(Cl)cc(C(=O)NCCC(=O)O)cc5Cl)c4)cccc32)c1C. The zero-order valence-corrected chi connectivity index (χ0v) is 27.0. The highest BCUT2D eigenvalue weighted by Crippen LogP contribution is 2.41. The smallest absolute Gasteiger partial charge is 0.305 e. The van der Waals surface area contributed by atoms with E-state index >= 15 is 0 Å². The van der Waals surface area contributed by atoms with Crippen molar-refractivity contribution in [1.29, 1.82) is 0 Å². The number of amides is 2. The van der Waals surface area contributed by atoms with E-state index in [1.807, 2.05) is 56.4 Å². The van der Waals surface area contributed by atoms with Gasteiger partial charge in [0.2, 0.25) is 5.91 Å². The molecule has 0 saturated heterocycles. The maximum absolute atomic E-state index is 13.3. The lowest BCUT2D eigenvalue weighted by molar-refractivity contribution is -0.136. The van der Waals surface area contributed by atoms with E-state index < -0.39 is 11.9 Å². The minimum atomic E-state index is -1.01. The van der Waals surface area contributed by atoms with Crippen molar-refractivity contribution in [3.63, 3.8) is 0 Å². The number of anilines is 1. The number of aryl methyl sites for hydroxylation is 1. The van der Waals surface area contributed by atoms with Crippen LogP contribution in [0.1, 0.15) is 46.3 Å². The van der Waals surface area contributed by atoms with Gasteiger partial charge in [0.25, 0.3) is 5.91 Å². The molecule has 1 aromatic heterocycles. The van der Waals surface area contributed by atoms with Gasteiger partial charge in [-0.15, -0.1) is 0 Å². The number of carbonyl (C=O) groups is 3. The number of hydrogen-bond donors (Lipinski definition) is 2. The molecule has 0 unspecified atom stereocenters. The zero-order valence-electron chi connectivity index (χ0n) is 25.5. The third-order valence-electron chi connectivity index (χ3n) is 7.79. The van der Waals surface area contributed by atoms with Crippen LogP contribution in [-0.4, -0.2) is 59.0 Å². The van der Waals surface area contributed by atoms with Gasteiger partial charge in [-0.3, -0.25) is 19.1 Å². The third-order valence-corrected chi connectivity index (χ3v) is 8.46. The van der Waals surface area contributed by atoms with Crippen molar-refractivity contribution < 1.29 is 29.0 Å². The standard InChI is InChI=1S/C34H34Cl2N4O6/c1-21-6-3-9-30(22(21)2)45-14-5-10-31(41)40-13-15-46-33-25(7-4-8-29(33)40)24-18-38-39(19-24)20-26-27(35)16-23(17-28(26)36)34(44)37-12-11-32(42)43/h3-4,6-9,16-19H,5,10-15,20H2,1-2H3,(H,37,44)(H,42,43). The number of carbonyl (C=O) groups excluding carboxylic acids is 2. The molecule has 0 aliphatic carbocycles.